The van der Waals surface area contributed by atoms with E-state index in [4.69, 9.17) is 9.51 Å². The summed E-state index contributed by atoms with van der Waals surface area (Å²) in [5.41, 5.74) is 3.35. The van der Waals surface area contributed by atoms with Crippen molar-refractivity contribution in [1.82, 2.24) is 14.7 Å². The number of benzene rings is 2. The van der Waals surface area contributed by atoms with Crippen molar-refractivity contribution in [3.05, 3.63) is 75.8 Å². The highest BCUT2D eigenvalue weighted by Gasteiger charge is 2.16. The third-order valence-electron chi connectivity index (χ3n) is 4.81. The van der Waals surface area contributed by atoms with Gasteiger partial charge in [-0.05, 0) is 50.1 Å². The predicted octanol–water partition coefficient (Wildman–Crippen LogP) is 4.42. The largest absolute Gasteiger partial charge is 0.360 e. The normalized spacial score (nSPS) is 11.1. The summed E-state index contributed by atoms with van der Waals surface area (Å²) in [5, 5.41) is 7.59. The van der Waals surface area contributed by atoms with Crippen LogP contribution in [0.5, 0.6) is 0 Å². The molecule has 2 aromatic carbocycles. The number of para-hydroxylation sites is 1. The molecule has 0 saturated carbocycles. The second kappa shape index (κ2) is 8.77. The quantitative estimate of drug-likeness (QED) is 0.357. The number of rotatable bonds is 6. The first kappa shape index (κ1) is 20.9. The number of anilines is 1. The number of aromatic nitrogens is 3. The number of carbonyl (C=O) groups is 1. The van der Waals surface area contributed by atoms with Crippen LogP contribution in [0.4, 0.5) is 5.82 Å². The van der Waals surface area contributed by atoms with Crippen molar-refractivity contribution in [3.8, 4) is 5.69 Å². The lowest BCUT2D eigenvalue weighted by molar-refractivity contribution is -0.115. The highest BCUT2D eigenvalue weighted by atomic mass is 32.2. The van der Waals surface area contributed by atoms with Crippen LogP contribution >= 0.6 is 11.8 Å². The molecular weight excluding hydrogens is 412 g/mol. The first-order valence-corrected chi connectivity index (χ1v) is 10.9. The van der Waals surface area contributed by atoms with Gasteiger partial charge in [0.05, 0.1) is 16.6 Å². The minimum absolute atomic E-state index is 0.121. The van der Waals surface area contributed by atoms with Gasteiger partial charge in [0, 0.05) is 18.2 Å². The first-order chi connectivity index (χ1) is 14.9. The van der Waals surface area contributed by atoms with Crippen molar-refractivity contribution in [2.75, 3.05) is 11.1 Å². The summed E-state index contributed by atoms with van der Waals surface area (Å²) >= 11 is 1.38. The zero-order valence-electron chi connectivity index (χ0n) is 17.5. The minimum atomic E-state index is -0.178. The van der Waals surface area contributed by atoms with Crippen LogP contribution in [0.25, 0.3) is 16.6 Å². The zero-order valence-corrected chi connectivity index (χ0v) is 18.3. The van der Waals surface area contributed by atoms with Crippen LogP contribution in [0.2, 0.25) is 0 Å². The Hall–Kier alpha value is -3.39. The van der Waals surface area contributed by atoms with E-state index in [1.807, 2.05) is 50.2 Å². The molecule has 31 heavy (non-hydrogen) atoms. The SMILES string of the molecule is Cc1ccc(C)c(-n2c(SCCC(=O)Nc3cc(C)on3)nc3ccccc3c2=O)c1. The Morgan fingerprint density at radius 1 is 1.13 bits per heavy atom. The molecule has 1 amide bonds. The molecule has 2 aromatic heterocycles. The molecule has 0 fully saturated rings. The summed E-state index contributed by atoms with van der Waals surface area (Å²) in [6.07, 6.45) is 0.242. The van der Waals surface area contributed by atoms with Gasteiger partial charge in [-0.2, -0.15) is 0 Å². The van der Waals surface area contributed by atoms with Gasteiger partial charge in [0.2, 0.25) is 5.91 Å². The molecule has 0 unspecified atom stereocenters. The van der Waals surface area contributed by atoms with E-state index >= 15 is 0 Å². The summed E-state index contributed by atoms with van der Waals surface area (Å²) in [4.78, 5) is 30.3. The van der Waals surface area contributed by atoms with Crippen LogP contribution in [-0.2, 0) is 4.79 Å². The molecule has 0 saturated heterocycles. The Balaban J connectivity index is 1.64. The fourth-order valence-electron chi connectivity index (χ4n) is 3.25. The molecule has 0 aliphatic heterocycles. The minimum Gasteiger partial charge on any atom is -0.360 e. The van der Waals surface area contributed by atoms with E-state index in [1.165, 1.54) is 11.8 Å². The second-order valence-electron chi connectivity index (χ2n) is 7.31. The lowest BCUT2D eigenvalue weighted by Gasteiger charge is -2.15. The molecular formula is C23H22N4O3S. The smallest absolute Gasteiger partial charge is 0.266 e. The highest BCUT2D eigenvalue weighted by Crippen LogP contribution is 2.24. The maximum Gasteiger partial charge on any atom is 0.266 e. The van der Waals surface area contributed by atoms with Crippen molar-refractivity contribution >= 4 is 34.4 Å². The van der Waals surface area contributed by atoms with Crippen molar-refractivity contribution in [2.45, 2.75) is 32.3 Å². The molecule has 0 radical (unpaired) electrons. The summed E-state index contributed by atoms with van der Waals surface area (Å²) in [6, 6.07) is 15.0. The number of nitrogens with one attached hydrogen (secondary N) is 1. The Morgan fingerprint density at radius 2 is 1.94 bits per heavy atom. The Kier molecular flexibility index (Phi) is 5.90. The van der Waals surface area contributed by atoms with Crippen molar-refractivity contribution in [1.29, 1.82) is 0 Å². The molecule has 158 valence electrons. The van der Waals surface area contributed by atoms with E-state index in [-0.39, 0.29) is 17.9 Å². The average Bonchev–Trinajstić information content (AvgIpc) is 3.15. The number of thioether (sulfide) groups is 1. The molecule has 0 aliphatic carbocycles. The Bertz CT molecular complexity index is 1330. The molecule has 4 aromatic rings. The van der Waals surface area contributed by atoms with E-state index < -0.39 is 0 Å². The van der Waals surface area contributed by atoms with E-state index in [0.29, 0.717) is 33.4 Å². The molecule has 2 heterocycles. The number of aryl methyl sites for hydroxylation is 3. The maximum atomic E-state index is 13.4. The number of nitrogens with zero attached hydrogens (tertiary/aromatic N) is 3. The van der Waals surface area contributed by atoms with Crippen molar-refractivity contribution in [3.63, 3.8) is 0 Å². The molecule has 0 aliphatic rings. The van der Waals surface area contributed by atoms with E-state index in [9.17, 15) is 9.59 Å². The van der Waals surface area contributed by atoms with Gasteiger partial charge in [-0.15, -0.1) is 0 Å². The van der Waals surface area contributed by atoms with Crippen LogP contribution in [-0.4, -0.2) is 26.4 Å². The average molecular weight is 435 g/mol. The molecule has 4 rings (SSSR count). The van der Waals surface area contributed by atoms with Crippen LogP contribution < -0.4 is 10.9 Å². The number of carbonyl (C=O) groups excluding carboxylic acids is 1. The maximum absolute atomic E-state index is 13.4. The molecule has 0 atom stereocenters. The number of hydrogen-bond donors (Lipinski definition) is 1. The third kappa shape index (κ3) is 4.54. The topological polar surface area (TPSA) is 90.0 Å². The van der Waals surface area contributed by atoms with Crippen LogP contribution in [0.1, 0.15) is 23.3 Å². The number of amides is 1. The molecule has 0 bridgehead atoms. The van der Waals surface area contributed by atoms with Crippen molar-refractivity contribution < 1.29 is 9.32 Å². The van der Waals surface area contributed by atoms with Crippen LogP contribution in [0.15, 0.2) is 63.0 Å². The molecule has 7 nitrogen and oxygen atoms in total. The fraction of sp³-hybridized carbons (Fsp3) is 0.217. The van der Waals surface area contributed by atoms with E-state index in [2.05, 4.69) is 10.5 Å². The van der Waals surface area contributed by atoms with Gasteiger partial charge < -0.3 is 9.84 Å². The third-order valence-corrected chi connectivity index (χ3v) is 5.75. The highest BCUT2D eigenvalue weighted by molar-refractivity contribution is 7.99. The van der Waals surface area contributed by atoms with Gasteiger partial charge in [-0.25, -0.2) is 4.98 Å². The Morgan fingerprint density at radius 3 is 2.71 bits per heavy atom. The molecule has 8 heteroatoms. The Labute approximate surface area is 183 Å². The lowest BCUT2D eigenvalue weighted by atomic mass is 10.1. The predicted molar refractivity (Wildman–Crippen MR) is 122 cm³/mol. The molecule has 0 spiro atoms. The summed E-state index contributed by atoms with van der Waals surface area (Å²) < 4.78 is 6.61. The van der Waals surface area contributed by atoms with Gasteiger partial charge in [-0.3, -0.25) is 14.2 Å². The van der Waals surface area contributed by atoms with Crippen LogP contribution in [0.3, 0.4) is 0 Å². The van der Waals surface area contributed by atoms with Gasteiger partial charge in [0.25, 0.3) is 5.56 Å². The van der Waals surface area contributed by atoms with Crippen LogP contribution in [0, 0.1) is 20.8 Å². The summed E-state index contributed by atoms with van der Waals surface area (Å²) in [7, 11) is 0. The van der Waals surface area contributed by atoms with Gasteiger partial charge in [0.15, 0.2) is 11.0 Å². The second-order valence-corrected chi connectivity index (χ2v) is 8.37. The van der Waals surface area contributed by atoms with Gasteiger partial charge >= 0.3 is 0 Å². The number of fused-ring (bicyclic) bond motifs is 1. The van der Waals surface area contributed by atoms with Crippen molar-refractivity contribution in [2.24, 2.45) is 0 Å². The zero-order chi connectivity index (χ0) is 22.0. The van der Waals surface area contributed by atoms with Gasteiger partial charge in [-0.1, -0.05) is 41.2 Å². The number of hydrogen-bond acceptors (Lipinski definition) is 6. The summed E-state index contributed by atoms with van der Waals surface area (Å²) in [6.45, 7) is 5.72. The van der Waals surface area contributed by atoms with E-state index in [1.54, 1.807) is 23.6 Å². The lowest BCUT2D eigenvalue weighted by Crippen LogP contribution is -2.23. The fourth-order valence-corrected chi connectivity index (χ4v) is 4.19. The monoisotopic (exact) mass is 434 g/mol. The standard InChI is InChI=1S/C23H22N4O3S/c1-14-8-9-15(2)19(12-14)27-22(29)17-6-4-5-7-18(17)24-23(27)31-11-10-21(28)25-20-13-16(3)30-26-20/h4-9,12-13H,10-11H2,1-3H3,(H,25,26,28). The summed E-state index contributed by atoms with van der Waals surface area (Å²) in [5.74, 6) is 1.30. The van der Waals surface area contributed by atoms with E-state index in [0.717, 1.165) is 16.8 Å². The first-order valence-electron chi connectivity index (χ1n) is 9.88. The molecule has 1 N–H and O–H groups in total. The van der Waals surface area contributed by atoms with Gasteiger partial charge in [0.1, 0.15) is 5.76 Å².